The van der Waals surface area contributed by atoms with Gasteiger partial charge in [-0.2, -0.15) is 0 Å². The zero-order valence-corrected chi connectivity index (χ0v) is 11.7. The van der Waals surface area contributed by atoms with E-state index >= 15 is 0 Å². The second-order valence-corrected chi connectivity index (χ2v) is 5.01. The van der Waals surface area contributed by atoms with Crippen LogP contribution in [0.25, 0.3) is 27.4 Å². The number of pyridine rings is 1. The summed E-state index contributed by atoms with van der Waals surface area (Å²) in [5.74, 6) is 0.863. The summed E-state index contributed by atoms with van der Waals surface area (Å²) in [6.45, 7) is 0. The van der Waals surface area contributed by atoms with Gasteiger partial charge in [0.15, 0.2) is 0 Å². The largest absolute Gasteiger partial charge is 0.497 e. The summed E-state index contributed by atoms with van der Waals surface area (Å²) in [5.41, 5.74) is 2.13. The van der Waals surface area contributed by atoms with Gasteiger partial charge in [0.1, 0.15) is 5.75 Å². The van der Waals surface area contributed by atoms with Crippen molar-refractivity contribution >= 4 is 21.7 Å². The lowest BCUT2D eigenvalue weighted by Crippen LogP contribution is -1.89. The van der Waals surface area contributed by atoms with Gasteiger partial charge >= 0.3 is 0 Å². The van der Waals surface area contributed by atoms with Crippen LogP contribution in [-0.4, -0.2) is 16.7 Å². The molecule has 0 amide bonds. The third kappa shape index (κ3) is 1.94. The zero-order chi connectivity index (χ0) is 14.2. The SMILES string of the molecule is COc1ccc(-n2cc3cnc4ccccc4c3c2)cc1. The third-order valence-electron chi connectivity index (χ3n) is 3.76. The summed E-state index contributed by atoms with van der Waals surface area (Å²) in [4.78, 5) is 4.51. The average Bonchev–Trinajstić information content (AvgIpc) is 2.99. The predicted octanol–water partition coefficient (Wildman–Crippen LogP) is 4.19. The Balaban J connectivity index is 1.91. The maximum Gasteiger partial charge on any atom is 0.119 e. The molecule has 0 bridgehead atoms. The molecule has 0 spiro atoms. The van der Waals surface area contributed by atoms with E-state index in [1.807, 2.05) is 48.7 Å². The fourth-order valence-electron chi connectivity index (χ4n) is 2.65. The van der Waals surface area contributed by atoms with Crippen molar-refractivity contribution in [1.29, 1.82) is 0 Å². The van der Waals surface area contributed by atoms with Crippen molar-refractivity contribution in [2.24, 2.45) is 0 Å². The molecule has 0 fully saturated rings. The molecule has 0 radical (unpaired) electrons. The molecular weight excluding hydrogens is 260 g/mol. The molecule has 2 heterocycles. The molecule has 0 N–H and O–H groups in total. The Kier molecular flexibility index (Phi) is 2.64. The Morgan fingerprint density at radius 1 is 0.905 bits per heavy atom. The van der Waals surface area contributed by atoms with Crippen LogP contribution in [0.5, 0.6) is 5.75 Å². The highest BCUT2D eigenvalue weighted by atomic mass is 16.5. The van der Waals surface area contributed by atoms with Crippen LogP contribution < -0.4 is 4.74 Å². The highest BCUT2D eigenvalue weighted by molar-refractivity contribution is 6.05. The first-order chi connectivity index (χ1) is 10.3. The lowest BCUT2D eigenvalue weighted by molar-refractivity contribution is 0.415. The molecule has 0 aliphatic carbocycles. The smallest absolute Gasteiger partial charge is 0.119 e. The van der Waals surface area contributed by atoms with Gasteiger partial charge in [0.25, 0.3) is 0 Å². The van der Waals surface area contributed by atoms with Gasteiger partial charge in [-0.3, -0.25) is 4.98 Å². The van der Waals surface area contributed by atoms with Gasteiger partial charge in [-0.05, 0) is 30.3 Å². The standard InChI is InChI=1S/C18H14N2O/c1-21-15-8-6-14(7-9-15)20-11-13-10-19-18-5-3-2-4-16(18)17(13)12-20/h2-12H,1H3. The number of methoxy groups -OCH3 is 1. The van der Waals surface area contributed by atoms with E-state index in [0.717, 1.165) is 22.3 Å². The van der Waals surface area contributed by atoms with Gasteiger partial charge in [-0.15, -0.1) is 0 Å². The molecule has 0 atom stereocenters. The highest BCUT2D eigenvalue weighted by Crippen LogP contribution is 2.26. The first kappa shape index (κ1) is 12.0. The van der Waals surface area contributed by atoms with Crippen LogP contribution in [0, 0.1) is 0 Å². The molecule has 0 saturated heterocycles. The Hall–Kier alpha value is -2.81. The molecule has 2 aromatic heterocycles. The number of hydrogen-bond acceptors (Lipinski definition) is 2. The quantitative estimate of drug-likeness (QED) is 0.548. The van der Waals surface area contributed by atoms with E-state index in [2.05, 4.69) is 28.0 Å². The Morgan fingerprint density at radius 2 is 1.71 bits per heavy atom. The third-order valence-corrected chi connectivity index (χ3v) is 3.76. The van der Waals surface area contributed by atoms with Gasteiger partial charge in [0.2, 0.25) is 0 Å². The van der Waals surface area contributed by atoms with Gasteiger partial charge in [0, 0.05) is 40.4 Å². The number of aromatic nitrogens is 2. The van der Waals surface area contributed by atoms with Crippen molar-refractivity contribution in [3.8, 4) is 11.4 Å². The summed E-state index contributed by atoms with van der Waals surface area (Å²) in [5, 5.41) is 3.54. The van der Waals surface area contributed by atoms with Crippen molar-refractivity contribution in [3.05, 3.63) is 67.1 Å². The highest BCUT2D eigenvalue weighted by Gasteiger charge is 2.05. The summed E-state index contributed by atoms with van der Waals surface area (Å²) >= 11 is 0. The molecule has 3 heteroatoms. The first-order valence-electron chi connectivity index (χ1n) is 6.85. The van der Waals surface area contributed by atoms with Crippen LogP contribution in [0.2, 0.25) is 0 Å². The van der Waals surface area contributed by atoms with Gasteiger partial charge in [-0.1, -0.05) is 18.2 Å². The number of ether oxygens (including phenoxy) is 1. The second kappa shape index (κ2) is 4.63. The van der Waals surface area contributed by atoms with Crippen LogP contribution in [0.4, 0.5) is 0 Å². The minimum absolute atomic E-state index is 0.863. The van der Waals surface area contributed by atoms with E-state index in [-0.39, 0.29) is 0 Å². The molecule has 0 unspecified atom stereocenters. The molecule has 0 aliphatic rings. The van der Waals surface area contributed by atoms with Gasteiger partial charge in [-0.25, -0.2) is 0 Å². The van der Waals surface area contributed by atoms with E-state index in [1.165, 1.54) is 10.8 Å². The fraction of sp³-hybridized carbons (Fsp3) is 0.0556. The molecule has 21 heavy (non-hydrogen) atoms. The van der Waals surface area contributed by atoms with E-state index in [1.54, 1.807) is 7.11 Å². The number of para-hydroxylation sites is 1. The molecule has 2 aromatic carbocycles. The zero-order valence-electron chi connectivity index (χ0n) is 11.7. The first-order valence-corrected chi connectivity index (χ1v) is 6.85. The lowest BCUT2D eigenvalue weighted by atomic mass is 10.1. The maximum atomic E-state index is 5.20. The van der Waals surface area contributed by atoms with Crippen LogP contribution in [0.1, 0.15) is 0 Å². The molecule has 4 rings (SSSR count). The van der Waals surface area contributed by atoms with Crippen molar-refractivity contribution in [2.75, 3.05) is 7.11 Å². The Bertz CT molecular complexity index is 923. The lowest BCUT2D eigenvalue weighted by Gasteiger charge is -2.04. The number of rotatable bonds is 2. The molecule has 0 saturated carbocycles. The Labute approximate surface area is 122 Å². The monoisotopic (exact) mass is 274 g/mol. The normalized spacial score (nSPS) is 11.1. The number of fused-ring (bicyclic) bond motifs is 3. The van der Waals surface area contributed by atoms with E-state index < -0.39 is 0 Å². The molecule has 3 nitrogen and oxygen atoms in total. The molecular formula is C18H14N2O. The van der Waals surface area contributed by atoms with Crippen molar-refractivity contribution < 1.29 is 4.74 Å². The summed E-state index contributed by atoms with van der Waals surface area (Å²) in [6.07, 6.45) is 6.19. The molecule has 0 aliphatic heterocycles. The molecule has 4 aromatic rings. The summed E-state index contributed by atoms with van der Waals surface area (Å²) in [7, 11) is 1.68. The van der Waals surface area contributed by atoms with Gasteiger partial charge < -0.3 is 9.30 Å². The Morgan fingerprint density at radius 3 is 2.52 bits per heavy atom. The number of benzene rings is 2. The maximum absolute atomic E-state index is 5.20. The summed E-state index contributed by atoms with van der Waals surface area (Å²) in [6, 6.07) is 16.3. The van der Waals surface area contributed by atoms with Crippen molar-refractivity contribution in [2.45, 2.75) is 0 Å². The van der Waals surface area contributed by atoms with E-state index in [4.69, 9.17) is 4.74 Å². The topological polar surface area (TPSA) is 27.1 Å². The fourth-order valence-corrected chi connectivity index (χ4v) is 2.65. The van der Waals surface area contributed by atoms with E-state index in [9.17, 15) is 0 Å². The predicted molar refractivity (Wildman–Crippen MR) is 85.1 cm³/mol. The van der Waals surface area contributed by atoms with Crippen molar-refractivity contribution in [1.82, 2.24) is 9.55 Å². The minimum atomic E-state index is 0.863. The average molecular weight is 274 g/mol. The van der Waals surface area contributed by atoms with Crippen molar-refractivity contribution in [3.63, 3.8) is 0 Å². The van der Waals surface area contributed by atoms with Crippen LogP contribution in [0.3, 0.4) is 0 Å². The molecule has 102 valence electrons. The van der Waals surface area contributed by atoms with Gasteiger partial charge in [0.05, 0.1) is 12.6 Å². The minimum Gasteiger partial charge on any atom is -0.497 e. The van der Waals surface area contributed by atoms with Crippen LogP contribution in [0.15, 0.2) is 67.1 Å². The summed E-state index contributed by atoms with van der Waals surface area (Å²) < 4.78 is 7.33. The second-order valence-electron chi connectivity index (χ2n) is 5.01. The number of nitrogens with zero attached hydrogens (tertiary/aromatic N) is 2. The van der Waals surface area contributed by atoms with E-state index in [0.29, 0.717) is 0 Å². The van der Waals surface area contributed by atoms with Crippen LogP contribution in [-0.2, 0) is 0 Å². The number of hydrogen-bond donors (Lipinski definition) is 0. The van der Waals surface area contributed by atoms with Crippen LogP contribution >= 0.6 is 0 Å².